The lowest BCUT2D eigenvalue weighted by Gasteiger charge is -1.98. The standard InChI is InChI=1S/C9H11N5/c1-7-2-3-9(11-5-7)14-6-12-8(4-10)13-14/h2-3,5-6H,4,10H2,1H3. The van der Waals surface area contributed by atoms with Gasteiger partial charge in [-0.15, -0.1) is 5.10 Å². The van der Waals surface area contributed by atoms with Crippen molar-refractivity contribution in [2.75, 3.05) is 0 Å². The molecule has 0 saturated heterocycles. The quantitative estimate of drug-likeness (QED) is 0.743. The highest BCUT2D eigenvalue weighted by molar-refractivity contribution is 5.23. The Morgan fingerprint density at radius 3 is 2.79 bits per heavy atom. The van der Waals surface area contributed by atoms with Gasteiger partial charge in [-0.25, -0.2) is 14.6 Å². The molecule has 14 heavy (non-hydrogen) atoms. The van der Waals surface area contributed by atoms with E-state index in [1.54, 1.807) is 17.2 Å². The Labute approximate surface area is 81.6 Å². The number of pyridine rings is 1. The fourth-order valence-corrected chi connectivity index (χ4v) is 1.10. The van der Waals surface area contributed by atoms with Crippen LogP contribution in [0.1, 0.15) is 11.4 Å². The molecule has 2 heterocycles. The van der Waals surface area contributed by atoms with Crippen molar-refractivity contribution in [1.82, 2.24) is 19.7 Å². The summed E-state index contributed by atoms with van der Waals surface area (Å²) >= 11 is 0. The normalized spacial score (nSPS) is 10.4. The lowest BCUT2D eigenvalue weighted by Crippen LogP contribution is -2.02. The minimum Gasteiger partial charge on any atom is -0.324 e. The van der Waals surface area contributed by atoms with Crippen LogP contribution < -0.4 is 5.73 Å². The van der Waals surface area contributed by atoms with E-state index in [1.807, 2.05) is 19.1 Å². The van der Waals surface area contributed by atoms with Crippen molar-refractivity contribution >= 4 is 0 Å². The van der Waals surface area contributed by atoms with Gasteiger partial charge < -0.3 is 5.73 Å². The zero-order valence-electron chi connectivity index (χ0n) is 7.88. The summed E-state index contributed by atoms with van der Waals surface area (Å²) in [7, 11) is 0. The average Bonchev–Trinajstić information content (AvgIpc) is 2.67. The van der Waals surface area contributed by atoms with E-state index in [2.05, 4.69) is 15.1 Å². The van der Waals surface area contributed by atoms with Crippen LogP contribution in [0.4, 0.5) is 0 Å². The van der Waals surface area contributed by atoms with Crippen molar-refractivity contribution in [3.63, 3.8) is 0 Å². The van der Waals surface area contributed by atoms with Gasteiger partial charge in [0.2, 0.25) is 0 Å². The highest BCUT2D eigenvalue weighted by Gasteiger charge is 2.01. The first-order valence-corrected chi connectivity index (χ1v) is 4.33. The third kappa shape index (κ3) is 1.62. The molecule has 0 aliphatic carbocycles. The van der Waals surface area contributed by atoms with Gasteiger partial charge in [-0.3, -0.25) is 0 Å². The van der Waals surface area contributed by atoms with Gasteiger partial charge in [0.25, 0.3) is 0 Å². The minimum absolute atomic E-state index is 0.346. The smallest absolute Gasteiger partial charge is 0.164 e. The van der Waals surface area contributed by atoms with Crippen LogP contribution in [0.2, 0.25) is 0 Å². The SMILES string of the molecule is Cc1ccc(-n2cnc(CN)n2)nc1. The van der Waals surface area contributed by atoms with Gasteiger partial charge >= 0.3 is 0 Å². The molecule has 0 fully saturated rings. The fraction of sp³-hybridized carbons (Fsp3) is 0.222. The number of nitrogens with two attached hydrogens (primary N) is 1. The van der Waals surface area contributed by atoms with Gasteiger partial charge in [0.15, 0.2) is 11.6 Å². The maximum atomic E-state index is 5.41. The first kappa shape index (κ1) is 8.83. The van der Waals surface area contributed by atoms with E-state index < -0.39 is 0 Å². The molecule has 0 aliphatic rings. The van der Waals surface area contributed by atoms with Crippen molar-refractivity contribution < 1.29 is 0 Å². The van der Waals surface area contributed by atoms with Crippen LogP contribution >= 0.6 is 0 Å². The predicted octanol–water partition coefficient (Wildman–Crippen LogP) is 0.429. The van der Waals surface area contributed by atoms with Gasteiger partial charge in [0, 0.05) is 6.20 Å². The molecule has 0 atom stereocenters. The lowest BCUT2D eigenvalue weighted by atomic mass is 10.3. The average molecular weight is 189 g/mol. The van der Waals surface area contributed by atoms with Crippen LogP contribution in [0.15, 0.2) is 24.7 Å². The second-order valence-corrected chi connectivity index (χ2v) is 3.00. The molecular weight excluding hydrogens is 178 g/mol. The predicted molar refractivity (Wildman–Crippen MR) is 51.8 cm³/mol. The molecule has 0 radical (unpaired) electrons. The third-order valence-corrected chi connectivity index (χ3v) is 1.85. The molecule has 72 valence electrons. The molecular formula is C9H11N5. The summed E-state index contributed by atoms with van der Waals surface area (Å²) in [5.74, 6) is 1.37. The summed E-state index contributed by atoms with van der Waals surface area (Å²) in [6, 6.07) is 3.87. The Morgan fingerprint density at radius 2 is 2.21 bits per heavy atom. The molecule has 2 aromatic heterocycles. The highest BCUT2D eigenvalue weighted by Crippen LogP contribution is 2.03. The van der Waals surface area contributed by atoms with Crippen LogP contribution in [0.5, 0.6) is 0 Å². The molecule has 5 nitrogen and oxygen atoms in total. The Hall–Kier alpha value is -1.75. The van der Waals surface area contributed by atoms with Gasteiger partial charge in [-0.2, -0.15) is 0 Å². The summed E-state index contributed by atoms with van der Waals surface area (Å²) in [5, 5.41) is 4.15. The molecule has 2 rings (SSSR count). The van der Waals surface area contributed by atoms with Gasteiger partial charge in [-0.1, -0.05) is 6.07 Å². The van der Waals surface area contributed by atoms with Crippen LogP contribution in [-0.4, -0.2) is 19.7 Å². The summed E-state index contributed by atoms with van der Waals surface area (Å²) in [6.07, 6.45) is 3.40. The second-order valence-electron chi connectivity index (χ2n) is 3.00. The van der Waals surface area contributed by atoms with Crippen LogP contribution in [0.25, 0.3) is 5.82 Å². The Balaban J connectivity index is 2.34. The van der Waals surface area contributed by atoms with E-state index in [1.165, 1.54) is 0 Å². The van der Waals surface area contributed by atoms with E-state index in [0.717, 1.165) is 11.4 Å². The van der Waals surface area contributed by atoms with Crippen LogP contribution in [0.3, 0.4) is 0 Å². The maximum Gasteiger partial charge on any atom is 0.164 e. The molecule has 0 amide bonds. The molecule has 0 aliphatic heterocycles. The van der Waals surface area contributed by atoms with E-state index in [0.29, 0.717) is 12.4 Å². The molecule has 0 aromatic carbocycles. The Morgan fingerprint density at radius 1 is 1.36 bits per heavy atom. The minimum atomic E-state index is 0.346. The molecule has 0 bridgehead atoms. The third-order valence-electron chi connectivity index (χ3n) is 1.85. The van der Waals surface area contributed by atoms with Crippen LogP contribution in [-0.2, 0) is 6.54 Å². The Kier molecular flexibility index (Phi) is 2.24. The molecule has 0 unspecified atom stereocenters. The molecule has 0 spiro atoms. The summed E-state index contributed by atoms with van der Waals surface area (Å²) < 4.78 is 1.61. The zero-order chi connectivity index (χ0) is 9.97. The van der Waals surface area contributed by atoms with Gasteiger partial charge in [0.1, 0.15) is 6.33 Å². The number of aromatic nitrogens is 4. The van der Waals surface area contributed by atoms with Crippen molar-refractivity contribution in [2.24, 2.45) is 5.73 Å². The lowest BCUT2D eigenvalue weighted by molar-refractivity contribution is 0.808. The van der Waals surface area contributed by atoms with Crippen LogP contribution in [0, 0.1) is 6.92 Å². The zero-order valence-corrected chi connectivity index (χ0v) is 7.88. The second kappa shape index (κ2) is 3.55. The van der Waals surface area contributed by atoms with E-state index in [4.69, 9.17) is 5.73 Å². The molecule has 5 heteroatoms. The van der Waals surface area contributed by atoms with Crippen molar-refractivity contribution in [1.29, 1.82) is 0 Å². The number of aryl methyl sites for hydroxylation is 1. The molecule has 0 saturated carbocycles. The number of nitrogens with zero attached hydrogens (tertiary/aromatic N) is 4. The first-order chi connectivity index (χ1) is 6.79. The van der Waals surface area contributed by atoms with Crippen molar-refractivity contribution in [3.8, 4) is 5.82 Å². The van der Waals surface area contributed by atoms with Crippen molar-refractivity contribution in [3.05, 3.63) is 36.0 Å². The van der Waals surface area contributed by atoms with Gasteiger partial charge in [-0.05, 0) is 18.6 Å². The number of hydrogen-bond donors (Lipinski definition) is 1. The Bertz CT molecular complexity index is 417. The molecule has 2 N–H and O–H groups in total. The van der Waals surface area contributed by atoms with Gasteiger partial charge in [0.05, 0.1) is 6.54 Å². The monoisotopic (exact) mass is 189 g/mol. The highest BCUT2D eigenvalue weighted by atomic mass is 15.4. The van der Waals surface area contributed by atoms with E-state index in [-0.39, 0.29) is 0 Å². The van der Waals surface area contributed by atoms with E-state index in [9.17, 15) is 0 Å². The number of hydrogen-bond acceptors (Lipinski definition) is 4. The van der Waals surface area contributed by atoms with Crippen molar-refractivity contribution in [2.45, 2.75) is 13.5 Å². The summed E-state index contributed by atoms with van der Waals surface area (Å²) in [4.78, 5) is 8.24. The fourth-order valence-electron chi connectivity index (χ4n) is 1.10. The first-order valence-electron chi connectivity index (χ1n) is 4.33. The molecule has 2 aromatic rings. The maximum absolute atomic E-state index is 5.41. The topological polar surface area (TPSA) is 69.6 Å². The number of rotatable bonds is 2. The largest absolute Gasteiger partial charge is 0.324 e. The van der Waals surface area contributed by atoms with E-state index >= 15 is 0 Å². The summed E-state index contributed by atoms with van der Waals surface area (Å²) in [5.41, 5.74) is 6.53. The summed E-state index contributed by atoms with van der Waals surface area (Å²) in [6.45, 7) is 2.34.